The average molecular weight is 489 g/mol. The molecular formula is C10H9F14NO3S. The van der Waals surface area contributed by atoms with Crippen LogP contribution in [-0.2, 0) is 10.1 Å². The summed E-state index contributed by atoms with van der Waals surface area (Å²) in [6, 6.07) is 0. The van der Waals surface area contributed by atoms with Gasteiger partial charge in [0.15, 0.2) is 0 Å². The average Bonchev–Trinajstić information content (AvgIpc) is 2.51. The third kappa shape index (κ3) is 5.04. The standard InChI is InChI=1S/C7H2F14O3S.C3H7N/c8-1(3(11,12)13)2(9,10)4(14,15)5(16,17)6(18,19)7(20,21)25(22,23)24;1-2-3-4/h1H,(H,22,23,24);2H,1,3-4H2. The highest BCUT2D eigenvalue weighted by molar-refractivity contribution is 7.87. The molecule has 19 heteroatoms. The number of hydrogen-bond donors (Lipinski definition) is 2. The van der Waals surface area contributed by atoms with Gasteiger partial charge < -0.3 is 5.73 Å². The molecule has 0 aromatic rings. The van der Waals surface area contributed by atoms with Crippen molar-refractivity contribution in [3.05, 3.63) is 12.7 Å². The molecule has 0 aliphatic heterocycles. The van der Waals surface area contributed by atoms with Gasteiger partial charge in [-0.25, -0.2) is 4.39 Å². The van der Waals surface area contributed by atoms with E-state index in [1.165, 1.54) is 0 Å². The van der Waals surface area contributed by atoms with Gasteiger partial charge in [-0.3, -0.25) is 4.55 Å². The Morgan fingerprint density at radius 3 is 1.34 bits per heavy atom. The van der Waals surface area contributed by atoms with Crippen molar-refractivity contribution >= 4 is 10.1 Å². The van der Waals surface area contributed by atoms with Gasteiger partial charge in [-0.2, -0.15) is 65.5 Å². The highest BCUT2D eigenvalue weighted by Gasteiger charge is 2.91. The largest absolute Gasteiger partial charge is 0.438 e. The summed E-state index contributed by atoms with van der Waals surface area (Å²) in [6.07, 6.45) is -11.6. The van der Waals surface area contributed by atoms with Crippen molar-refractivity contribution in [2.24, 2.45) is 5.73 Å². The molecule has 0 aromatic carbocycles. The topological polar surface area (TPSA) is 80.4 Å². The zero-order valence-electron chi connectivity index (χ0n) is 13.1. The number of halogens is 14. The van der Waals surface area contributed by atoms with Gasteiger partial charge in [0.05, 0.1) is 0 Å². The van der Waals surface area contributed by atoms with E-state index >= 15 is 0 Å². The van der Waals surface area contributed by atoms with Crippen molar-refractivity contribution in [2.45, 2.75) is 41.3 Å². The highest BCUT2D eigenvalue weighted by atomic mass is 32.2. The third-order valence-electron chi connectivity index (χ3n) is 2.67. The van der Waals surface area contributed by atoms with Crippen LogP contribution < -0.4 is 5.73 Å². The van der Waals surface area contributed by atoms with E-state index in [2.05, 4.69) is 6.58 Å². The fraction of sp³-hybridized carbons (Fsp3) is 0.800. The maximum atomic E-state index is 12.9. The van der Waals surface area contributed by atoms with Crippen LogP contribution in [0.1, 0.15) is 0 Å². The summed E-state index contributed by atoms with van der Waals surface area (Å²) < 4.78 is 203. The molecule has 0 radical (unpaired) electrons. The van der Waals surface area contributed by atoms with Crippen LogP contribution in [0, 0.1) is 0 Å². The molecule has 0 fully saturated rings. The lowest BCUT2D eigenvalue weighted by Gasteiger charge is -2.39. The van der Waals surface area contributed by atoms with Crippen LogP contribution in [0.4, 0.5) is 61.5 Å². The minimum Gasteiger partial charge on any atom is -0.327 e. The highest BCUT2D eigenvalue weighted by Crippen LogP contribution is 2.59. The molecule has 0 saturated heterocycles. The minimum absolute atomic E-state index is 0.583. The minimum atomic E-state index is -8.28. The van der Waals surface area contributed by atoms with Crippen LogP contribution in [0.3, 0.4) is 0 Å². The fourth-order valence-electron chi connectivity index (χ4n) is 1.12. The molecular weight excluding hydrogens is 480 g/mol. The first-order chi connectivity index (χ1) is 12.3. The zero-order chi connectivity index (χ0) is 24.5. The summed E-state index contributed by atoms with van der Waals surface area (Å²) >= 11 is 0. The first-order valence-corrected chi connectivity index (χ1v) is 7.64. The molecule has 4 nitrogen and oxygen atoms in total. The van der Waals surface area contributed by atoms with Crippen LogP contribution in [-0.4, -0.2) is 60.8 Å². The van der Waals surface area contributed by atoms with Crippen LogP contribution in [0.25, 0.3) is 0 Å². The zero-order valence-corrected chi connectivity index (χ0v) is 13.9. The van der Waals surface area contributed by atoms with Crippen molar-refractivity contribution in [1.29, 1.82) is 0 Å². The molecule has 1 atom stereocenters. The van der Waals surface area contributed by atoms with Crippen molar-refractivity contribution < 1.29 is 74.4 Å². The van der Waals surface area contributed by atoms with Gasteiger partial charge >= 0.3 is 45.2 Å². The third-order valence-corrected chi connectivity index (χ3v) is 3.57. The smallest absolute Gasteiger partial charge is 0.327 e. The normalized spacial score (nSPS) is 16.0. The molecule has 0 heterocycles. The van der Waals surface area contributed by atoms with E-state index in [1.54, 1.807) is 6.08 Å². The van der Waals surface area contributed by atoms with E-state index in [0.29, 0.717) is 6.54 Å². The Morgan fingerprint density at radius 1 is 0.828 bits per heavy atom. The maximum absolute atomic E-state index is 12.9. The second kappa shape index (κ2) is 8.40. The van der Waals surface area contributed by atoms with Crippen molar-refractivity contribution in [2.75, 3.05) is 6.54 Å². The molecule has 1 unspecified atom stereocenters. The lowest BCUT2D eigenvalue weighted by Crippen LogP contribution is -2.71. The number of rotatable bonds is 7. The lowest BCUT2D eigenvalue weighted by molar-refractivity contribution is -0.409. The number of nitrogens with two attached hydrogens (primary N) is 1. The Bertz CT molecular complexity index is 672. The molecule has 3 N–H and O–H groups in total. The summed E-state index contributed by atoms with van der Waals surface area (Å²) in [7, 11) is -7.66. The molecule has 0 saturated carbocycles. The molecule has 0 bridgehead atoms. The summed E-state index contributed by atoms with van der Waals surface area (Å²) in [5.41, 5.74) is 4.91. The molecule has 0 aromatic heterocycles. The molecule has 176 valence electrons. The first-order valence-electron chi connectivity index (χ1n) is 6.20. The molecule has 0 aliphatic rings. The van der Waals surface area contributed by atoms with Crippen molar-refractivity contribution in [3.63, 3.8) is 0 Å². The Kier molecular flexibility index (Phi) is 8.64. The van der Waals surface area contributed by atoms with Gasteiger partial charge in [0, 0.05) is 6.54 Å². The monoisotopic (exact) mass is 489 g/mol. The number of alkyl halides is 14. The van der Waals surface area contributed by atoms with Crippen LogP contribution >= 0.6 is 0 Å². The van der Waals surface area contributed by atoms with Gasteiger partial charge in [-0.05, 0) is 0 Å². The quantitative estimate of drug-likeness (QED) is 0.322. The van der Waals surface area contributed by atoms with Crippen LogP contribution in [0.2, 0.25) is 0 Å². The number of hydrogen-bond acceptors (Lipinski definition) is 3. The van der Waals surface area contributed by atoms with E-state index in [1.807, 2.05) is 0 Å². The molecule has 0 spiro atoms. The second-order valence-corrected chi connectivity index (χ2v) is 6.23. The molecule has 0 aliphatic carbocycles. The first kappa shape index (κ1) is 29.8. The predicted molar refractivity (Wildman–Crippen MR) is 66.5 cm³/mol. The summed E-state index contributed by atoms with van der Waals surface area (Å²) in [4.78, 5) is 0. The summed E-state index contributed by atoms with van der Waals surface area (Å²) in [5, 5.41) is -7.56. The Labute approximate surface area is 152 Å². The van der Waals surface area contributed by atoms with E-state index in [0.717, 1.165) is 0 Å². The Morgan fingerprint density at radius 2 is 1.14 bits per heavy atom. The lowest BCUT2D eigenvalue weighted by atomic mass is 9.95. The van der Waals surface area contributed by atoms with Gasteiger partial charge in [0.25, 0.3) is 6.17 Å². The van der Waals surface area contributed by atoms with Crippen molar-refractivity contribution in [1.82, 2.24) is 0 Å². The molecule has 29 heavy (non-hydrogen) atoms. The summed E-state index contributed by atoms with van der Waals surface area (Å²) in [6.45, 7) is 3.94. The van der Waals surface area contributed by atoms with E-state index in [9.17, 15) is 69.9 Å². The van der Waals surface area contributed by atoms with Gasteiger partial charge in [-0.1, -0.05) is 6.08 Å². The van der Waals surface area contributed by atoms with Gasteiger partial charge in [-0.15, -0.1) is 6.58 Å². The fourth-order valence-corrected chi connectivity index (χ4v) is 1.57. The maximum Gasteiger partial charge on any atom is 0.438 e. The Hall–Kier alpha value is -1.37. The second-order valence-electron chi connectivity index (χ2n) is 4.77. The predicted octanol–water partition coefficient (Wildman–Crippen LogP) is 4.04. The van der Waals surface area contributed by atoms with Crippen molar-refractivity contribution in [3.8, 4) is 0 Å². The van der Waals surface area contributed by atoms with E-state index in [4.69, 9.17) is 10.3 Å². The SMILES string of the molecule is C=CCN.O=S(=O)(O)C(F)(F)C(F)(F)C(F)(F)C(F)(F)C(F)(F)C(F)C(F)(F)F. The molecule has 0 amide bonds. The van der Waals surface area contributed by atoms with Gasteiger partial charge in [0.1, 0.15) is 0 Å². The van der Waals surface area contributed by atoms with Crippen LogP contribution in [0.5, 0.6) is 0 Å². The molecule has 0 rings (SSSR count). The van der Waals surface area contributed by atoms with Gasteiger partial charge in [0.2, 0.25) is 0 Å². The van der Waals surface area contributed by atoms with Crippen LogP contribution in [0.15, 0.2) is 12.7 Å². The summed E-state index contributed by atoms with van der Waals surface area (Å²) in [5.74, 6) is -32.3. The van der Waals surface area contributed by atoms with E-state index < -0.39 is 51.4 Å². The Balaban J connectivity index is 0. The van der Waals surface area contributed by atoms with E-state index in [-0.39, 0.29) is 0 Å².